The van der Waals surface area contributed by atoms with Crippen LogP contribution in [0.25, 0.3) is 0 Å². The molecule has 1 nitrogen and oxygen atoms in total. The van der Waals surface area contributed by atoms with Gasteiger partial charge in [-0.2, -0.15) is 0 Å². The minimum atomic E-state index is 1.12. The Bertz CT molecular complexity index is 58.6. The fourth-order valence-electron chi connectivity index (χ4n) is 1.05. The highest BCUT2D eigenvalue weighted by Gasteiger charge is 1.88. The summed E-state index contributed by atoms with van der Waals surface area (Å²) in [7, 11) is 0. The molecular weight excluding hydrogens is 249 g/mol. The van der Waals surface area contributed by atoms with Crippen molar-refractivity contribution in [3.05, 3.63) is 0 Å². The third kappa shape index (κ3) is 10.7. The van der Waals surface area contributed by atoms with Crippen LogP contribution in [0.1, 0.15) is 39.0 Å². The normalized spacial score (nSPS) is 10.4. The van der Waals surface area contributed by atoms with Gasteiger partial charge in [0.15, 0.2) is 0 Å². The van der Waals surface area contributed by atoms with Crippen LogP contribution in [0.2, 0.25) is 0 Å². The number of rotatable bonds is 8. The summed E-state index contributed by atoms with van der Waals surface area (Å²) >= 11 is 2.45. The highest BCUT2D eigenvalue weighted by atomic mass is 127. The minimum absolute atomic E-state index is 1.12. The Morgan fingerprint density at radius 3 is 2.27 bits per heavy atom. The first-order valence-electron chi connectivity index (χ1n) is 4.68. The zero-order valence-corrected chi connectivity index (χ0v) is 9.69. The molecule has 0 aliphatic rings. The quantitative estimate of drug-likeness (QED) is 0.406. The average molecular weight is 269 g/mol. The minimum Gasteiger partial charge on any atom is -0.317 e. The highest BCUT2D eigenvalue weighted by Crippen LogP contribution is 2.03. The fraction of sp³-hybridized carbons (Fsp3) is 1.00. The summed E-state index contributed by atoms with van der Waals surface area (Å²) in [5, 5.41) is 3.34. The number of alkyl halides is 1. The molecule has 0 bridgehead atoms. The van der Waals surface area contributed by atoms with Gasteiger partial charge in [-0.3, -0.25) is 0 Å². The average Bonchev–Trinajstić information content (AvgIpc) is 2.03. The zero-order valence-electron chi connectivity index (χ0n) is 7.53. The standard InChI is InChI=1S/C9H20IN/c1-2-11-9-7-5-3-4-6-8-10/h11H,2-9H2,1H3. The fourth-order valence-corrected chi connectivity index (χ4v) is 1.59. The number of hydrogen-bond acceptors (Lipinski definition) is 1. The van der Waals surface area contributed by atoms with Crippen LogP contribution in [-0.2, 0) is 0 Å². The van der Waals surface area contributed by atoms with E-state index in [0.29, 0.717) is 0 Å². The molecule has 0 aromatic carbocycles. The van der Waals surface area contributed by atoms with Gasteiger partial charge < -0.3 is 5.32 Å². The van der Waals surface area contributed by atoms with E-state index < -0.39 is 0 Å². The van der Waals surface area contributed by atoms with Gasteiger partial charge in [0.1, 0.15) is 0 Å². The van der Waals surface area contributed by atoms with Crippen molar-refractivity contribution < 1.29 is 0 Å². The van der Waals surface area contributed by atoms with E-state index in [0.717, 1.165) is 6.54 Å². The lowest BCUT2D eigenvalue weighted by molar-refractivity contribution is 0.596. The Morgan fingerprint density at radius 2 is 1.64 bits per heavy atom. The van der Waals surface area contributed by atoms with Crippen molar-refractivity contribution in [3.8, 4) is 0 Å². The van der Waals surface area contributed by atoms with Gasteiger partial charge in [-0.25, -0.2) is 0 Å². The predicted octanol–water partition coefficient (Wildman–Crippen LogP) is 2.98. The summed E-state index contributed by atoms with van der Waals surface area (Å²) in [6, 6.07) is 0. The number of nitrogens with one attached hydrogen (secondary N) is 1. The van der Waals surface area contributed by atoms with Gasteiger partial charge >= 0.3 is 0 Å². The van der Waals surface area contributed by atoms with Crippen LogP contribution >= 0.6 is 22.6 Å². The zero-order chi connectivity index (χ0) is 8.36. The van der Waals surface area contributed by atoms with Crippen molar-refractivity contribution in [1.29, 1.82) is 0 Å². The maximum Gasteiger partial charge on any atom is -0.000473 e. The maximum absolute atomic E-state index is 3.34. The molecule has 0 saturated heterocycles. The first-order valence-corrected chi connectivity index (χ1v) is 6.21. The van der Waals surface area contributed by atoms with E-state index in [-0.39, 0.29) is 0 Å². The molecule has 2 heteroatoms. The maximum atomic E-state index is 3.34. The summed E-state index contributed by atoms with van der Waals surface area (Å²) < 4.78 is 1.32. The molecule has 0 spiro atoms. The highest BCUT2D eigenvalue weighted by molar-refractivity contribution is 14.1. The van der Waals surface area contributed by atoms with Crippen LogP contribution in [0.15, 0.2) is 0 Å². The van der Waals surface area contributed by atoms with Crippen LogP contribution in [0.3, 0.4) is 0 Å². The van der Waals surface area contributed by atoms with Crippen LogP contribution in [0, 0.1) is 0 Å². The van der Waals surface area contributed by atoms with Crippen LogP contribution in [0.4, 0.5) is 0 Å². The molecule has 0 aromatic heterocycles. The lowest BCUT2D eigenvalue weighted by Gasteiger charge is -2.00. The lowest BCUT2D eigenvalue weighted by Crippen LogP contribution is -2.13. The van der Waals surface area contributed by atoms with Crippen molar-refractivity contribution in [1.82, 2.24) is 5.32 Å². The van der Waals surface area contributed by atoms with E-state index in [4.69, 9.17) is 0 Å². The molecule has 0 aliphatic carbocycles. The second kappa shape index (κ2) is 10.7. The topological polar surface area (TPSA) is 12.0 Å². The van der Waals surface area contributed by atoms with Crippen LogP contribution < -0.4 is 5.32 Å². The molecule has 0 radical (unpaired) electrons. The summed E-state index contributed by atoms with van der Waals surface area (Å²) in [5.41, 5.74) is 0. The van der Waals surface area contributed by atoms with Gasteiger partial charge in [0, 0.05) is 0 Å². The number of halogens is 1. The molecule has 68 valence electrons. The molecule has 0 fully saturated rings. The Hall–Kier alpha value is 0.690. The van der Waals surface area contributed by atoms with E-state index >= 15 is 0 Å². The molecule has 0 heterocycles. The van der Waals surface area contributed by atoms with Crippen molar-refractivity contribution in [2.75, 3.05) is 17.5 Å². The molecule has 11 heavy (non-hydrogen) atoms. The molecular formula is C9H20IN. The van der Waals surface area contributed by atoms with Crippen molar-refractivity contribution in [3.63, 3.8) is 0 Å². The predicted molar refractivity (Wildman–Crippen MR) is 60.5 cm³/mol. The molecule has 0 amide bonds. The number of unbranched alkanes of at least 4 members (excludes halogenated alkanes) is 4. The molecule has 0 rings (SSSR count). The summed E-state index contributed by atoms with van der Waals surface area (Å²) in [6.07, 6.45) is 7.02. The lowest BCUT2D eigenvalue weighted by atomic mass is 10.1. The van der Waals surface area contributed by atoms with E-state index in [1.807, 2.05) is 0 Å². The molecule has 1 N–H and O–H groups in total. The summed E-state index contributed by atoms with van der Waals surface area (Å²) in [5.74, 6) is 0. The summed E-state index contributed by atoms with van der Waals surface area (Å²) in [6.45, 7) is 4.49. The van der Waals surface area contributed by atoms with Gasteiger partial charge in [0.25, 0.3) is 0 Å². The summed E-state index contributed by atoms with van der Waals surface area (Å²) in [4.78, 5) is 0. The largest absolute Gasteiger partial charge is 0.317 e. The van der Waals surface area contributed by atoms with Gasteiger partial charge in [-0.05, 0) is 30.4 Å². The van der Waals surface area contributed by atoms with Gasteiger partial charge in [0.05, 0.1) is 0 Å². The Morgan fingerprint density at radius 1 is 1.00 bits per heavy atom. The number of hydrogen-bond donors (Lipinski definition) is 1. The van der Waals surface area contributed by atoms with Crippen molar-refractivity contribution >= 4 is 22.6 Å². The van der Waals surface area contributed by atoms with E-state index in [2.05, 4.69) is 34.8 Å². The Kier molecular flexibility index (Phi) is 11.4. The van der Waals surface area contributed by atoms with E-state index in [1.54, 1.807) is 0 Å². The second-order valence-corrected chi connectivity index (χ2v) is 3.89. The third-order valence-corrected chi connectivity index (χ3v) is 2.50. The van der Waals surface area contributed by atoms with Gasteiger partial charge in [-0.15, -0.1) is 0 Å². The first-order chi connectivity index (χ1) is 5.41. The van der Waals surface area contributed by atoms with Crippen molar-refractivity contribution in [2.24, 2.45) is 0 Å². The second-order valence-electron chi connectivity index (χ2n) is 2.81. The molecule has 0 unspecified atom stereocenters. The monoisotopic (exact) mass is 269 g/mol. The molecule has 0 saturated carbocycles. The van der Waals surface area contributed by atoms with Gasteiger partial charge in [-0.1, -0.05) is 48.8 Å². The molecule has 0 atom stereocenters. The van der Waals surface area contributed by atoms with Crippen molar-refractivity contribution in [2.45, 2.75) is 39.0 Å². The first kappa shape index (κ1) is 11.7. The van der Waals surface area contributed by atoms with Crippen LogP contribution in [0.5, 0.6) is 0 Å². The van der Waals surface area contributed by atoms with Gasteiger partial charge in [0.2, 0.25) is 0 Å². The van der Waals surface area contributed by atoms with E-state index in [9.17, 15) is 0 Å². The Balaban J connectivity index is 2.69. The smallest absolute Gasteiger partial charge is 0.000473 e. The molecule has 0 aliphatic heterocycles. The molecule has 0 aromatic rings. The van der Waals surface area contributed by atoms with Crippen LogP contribution in [-0.4, -0.2) is 17.5 Å². The SMILES string of the molecule is CCNCCCCCCCI. The Labute approximate surface area is 84.5 Å². The third-order valence-electron chi connectivity index (χ3n) is 1.74. The van der Waals surface area contributed by atoms with E-state index in [1.165, 1.54) is 43.1 Å².